The molecule has 0 atom stereocenters. The van der Waals surface area contributed by atoms with Gasteiger partial charge in [-0.25, -0.2) is 0 Å². The van der Waals surface area contributed by atoms with E-state index in [9.17, 15) is 0 Å². The largest absolute Gasteiger partial charge is 0.500 e. The van der Waals surface area contributed by atoms with Gasteiger partial charge in [-0.05, 0) is 38.6 Å². The Kier molecular flexibility index (Phi) is 15.0. The standard InChI is InChI=1S/C16H37NO3Si/c1-4-7-13-18-21(16-11-10-12-17,19-14-8-5-2)20-15-9-6-3/h4-17H2,1-3H3. The van der Waals surface area contributed by atoms with E-state index in [1.807, 2.05) is 0 Å². The highest BCUT2D eigenvalue weighted by atomic mass is 28.4. The summed E-state index contributed by atoms with van der Waals surface area (Å²) in [6, 6.07) is 0.904. The molecule has 2 N–H and O–H groups in total. The third-order valence-corrected chi connectivity index (χ3v) is 6.29. The van der Waals surface area contributed by atoms with Gasteiger partial charge in [-0.15, -0.1) is 0 Å². The molecule has 0 fully saturated rings. The topological polar surface area (TPSA) is 53.7 Å². The van der Waals surface area contributed by atoms with Crippen molar-refractivity contribution in [3.8, 4) is 0 Å². The first-order chi connectivity index (χ1) is 10.2. The SMILES string of the molecule is CCCCO[Si](CCCCN)(OCCCC)OCCCC. The van der Waals surface area contributed by atoms with Gasteiger partial charge in [-0.2, -0.15) is 0 Å². The second-order valence-electron chi connectivity index (χ2n) is 5.53. The lowest BCUT2D eigenvalue weighted by Gasteiger charge is -2.30. The predicted octanol–water partition coefficient (Wildman–Crippen LogP) is 4.11. The molecule has 0 rings (SSSR count). The Labute approximate surface area is 133 Å². The van der Waals surface area contributed by atoms with Gasteiger partial charge < -0.3 is 19.0 Å². The summed E-state index contributed by atoms with van der Waals surface area (Å²) in [5.41, 5.74) is 5.62. The lowest BCUT2D eigenvalue weighted by atomic mass is 10.3. The molecule has 21 heavy (non-hydrogen) atoms. The van der Waals surface area contributed by atoms with Gasteiger partial charge >= 0.3 is 8.80 Å². The fourth-order valence-electron chi connectivity index (χ4n) is 1.94. The summed E-state index contributed by atoms with van der Waals surface area (Å²) in [5, 5.41) is 0. The minimum Gasteiger partial charge on any atom is -0.373 e. The van der Waals surface area contributed by atoms with Crippen LogP contribution < -0.4 is 5.73 Å². The molecule has 0 saturated heterocycles. The van der Waals surface area contributed by atoms with Gasteiger partial charge in [0.2, 0.25) is 0 Å². The van der Waals surface area contributed by atoms with Crippen LogP contribution in [-0.4, -0.2) is 35.2 Å². The molecular formula is C16H37NO3Si. The quantitative estimate of drug-likeness (QED) is 0.343. The lowest BCUT2D eigenvalue weighted by Crippen LogP contribution is -2.46. The molecule has 0 amide bonds. The first kappa shape index (κ1) is 21.1. The van der Waals surface area contributed by atoms with E-state index in [-0.39, 0.29) is 0 Å². The molecule has 0 saturated carbocycles. The predicted molar refractivity (Wildman–Crippen MR) is 91.4 cm³/mol. The fraction of sp³-hybridized carbons (Fsp3) is 1.00. The molecular weight excluding hydrogens is 282 g/mol. The molecule has 5 heteroatoms. The van der Waals surface area contributed by atoms with Crippen molar-refractivity contribution in [3.63, 3.8) is 0 Å². The van der Waals surface area contributed by atoms with Crippen LogP contribution in [0.2, 0.25) is 6.04 Å². The maximum Gasteiger partial charge on any atom is 0.500 e. The molecule has 4 nitrogen and oxygen atoms in total. The minimum absolute atomic E-state index is 0.726. The van der Waals surface area contributed by atoms with Gasteiger partial charge in [0.1, 0.15) is 0 Å². The number of hydrogen-bond acceptors (Lipinski definition) is 4. The fourth-order valence-corrected chi connectivity index (χ4v) is 4.68. The molecule has 0 aliphatic rings. The molecule has 0 bridgehead atoms. The molecule has 0 aliphatic carbocycles. The van der Waals surface area contributed by atoms with Crippen molar-refractivity contribution in [3.05, 3.63) is 0 Å². The van der Waals surface area contributed by atoms with Gasteiger partial charge in [0.05, 0.1) is 0 Å². The molecule has 128 valence electrons. The summed E-state index contributed by atoms with van der Waals surface area (Å²) >= 11 is 0. The van der Waals surface area contributed by atoms with E-state index in [0.29, 0.717) is 0 Å². The van der Waals surface area contributed by atoms with Crippen molar-refractivity contribution in [2.75, 3.05) is 26.4 Å². The van der Waals surface area contributed by atoms with Gasteiger partial charge in [0.15, 0.2) is 0 Å². The zero-order chi connectivity index (χ0) is 15.8. The smallest absolute Gasteiger partial charge is 0.373 e. The Balaban J connectivity index is 4.52. The summed E-state index contributed by atoms with van der Waals surface area (Å²) < 4.78 is 18.5. The van der Waals surface area contributed by atoms with Crippen LogP contribution in [0.15, 0.2) is 0 Å². The maximum absolute atomic E-state index is 6.16. The van der Waals surface area contributed by atoms with Gasteiger partial charge in [0.25, 0.3) is 0 Å². The van der Waals surface area contributed by atoms with E-state index in [2.05, 4.69) is 20.8 Å². The van der Waals surface area contributed by atoms with Crippen molar-refractivity contribution in [1.82, 2.24) is 0 Å². The highest BCUT2D eigenvalue weighted by Crippen LogP contribution is 2.21. The number of unbranched alkanes of at least 4 members (excludes halogenated alkanes) is 4. The molecule has 0 spiro atoms. The van der Waals surface area contributed by atoms with Crippen LogP contribution in [-0.2, 0) is 13.3 Å². The highest BCUT2D eigenvalue weighted by molar-refractivity contribution is 6.60. The van der Waals surface area contributed by atoms with Crippen molar-refractivity contribution in [1.29, 1.82) is 0 Å². The molecule has 0 heterocycles. The summed E-state index contributed by atoms with van der Waals surface area (Å²) in [7, 11) is -2.50. The van der Waals surface area contributed by atoms with Crippen LogP contribution >= 0.6 is 0 Å². The normalized spacial score (nSPS) is 12.0. The van der Waals surface area contributed by atoms with Crippen LogP contribution in [0.5, 0.6) is 0 Å². The summed E-state index contributed by atoms with van der Waals surface area (Å²) in [5.74, 6) is 0. The van der Waals surface area contributed by atoms with E-state index in [0.717, 1.165) is 83.8 Å². The molecule has 0 aromatic carbocycles. The Morgan fingerprint density at radius 1 is 0.667 bits per heavy atom. The van der Waals surface area contributed by atoms with E-state index in [1.165, 1.54) is 0 Å². The van der Waals surface area contributed by atoms with E-state index in [1.54, 1.807) is 0 Å². The number of nitrogens with two attached hydrogens (primary N) is 1. The van der Waals surface area contributed by atoms with E-state index >= 15 is 0 Å². The second kappa shape index (κ2) is 15.0. The van der Waals surface area contributed by atoms with Gasteiger partial charge in [-0.1, -0.05) is 40.0 Å². The van der Waals surface area contributed by atoms with E-state index in [4.69, 9.17) is 19.0 Å². The number of rotatable bonds is 16. The Morgan fingerprint density at radius 3 is 1.43 bits per heavy atom. The van der Waals surface area contributed by atoms with E-state index < -0.39 is 8.80 Å². The van der Waals surface area contributed by atoms with Gasteiger partial charge in [-0.3, -0.25) is 0 Å². The zero-order valence-corrected chi connectivity index (χ0v) is 15.5. The van der Waals surface area contributed by atoms with Crippen LogP contribution in [0.3, 0.4) is 0 Å². The third kappa shape index (κ3) is 11.3. The highest BCUT2D eigenvalue weighted by Gasteiger charge is 2.40. The maximum atomic E-state index is 6.16. The molecule has 0 radical (unpaired) electrons. The first-order valence-electron chi connectivity index (χ1n) is 8.86. The van der Waals surface area contributed by atoms with Crippen LogP contribution in [0.4, 0.5) is 0 Å². The second-order valence-corrected chi connectivity index (χ2v) is 8.27. The van der Waals surface area contributed by atoms with Crippen molar-refractivity contribution in [2.24, 2.45) is 5.73 Å². The third-order valence-electron chi connectivity index (χ3n) is 3.40. The van der Waals surface area contributed by atoms with Crippen LogP contribution in [0.25, 0.3) is 0 Å². The lowest BCUT2D eigenvalue weighted by molar-refractivity contribution is 0.0557. The molecule has 0 aromatic rings. The Bertz CT molecular complexity index is 172. The average molecular weight is 320 g/mol. The monoisotopic (exact) mass is 319 g/mol. The Morgan fingerprint density at radius 2 is 1.10 bits per heavy atom. The zero-order valence-electron chi connectivity index (χ0n) is 14.5. The first-order valence-corrected chi connectivity index (χ1v) is 10.8. The van der Waals surface area contributed by atoms with Crippen molar-refractivity contribution in [2.45, 2.75) is 78.2 Å². The molecule has 0 unspecified atom stereocenters. The summed E-state index contributed by atoms with van der Waals surface area (Å²) in [4.78, 5) is 0. The average Bonchev–Trinajstić information content (AvgIpc) is 2.48. The number of hydrogen-bond donors (Lipinski definition) is 1. The molecule has 0 aromatic heterocycles. The summed E-state index contributed by atoms with van der Waals surface area (Å²) in [6.45, 7) is 9.52. The van der Waals surface area contributed by atoms with Crippen LogP contribution in [0.1, 0.15) is 72.1 Å². The Hall–Kier alpha value is 0.0569. The summed E-state index contributed by atoms with van der Waals surface area (Å²) in [6.07, 6.45) is 8.67. The van der Waals surface area contributed by atoms with Crippen molar-refractivity contribution < 1.29 is 13.3 Å². The minimum atomic E-state index is -2.50. The molecule has 0 aliphatic heterocycles. The van der Waals surface area contributed by atoms with Crippen molar-refractivity contribution >= 4 is 8.80 Å². The van der Waals surface area contributed by atoms with Crippen LogP contribution in [0, 0.1) is 0 Å². The van der Waals surface area contributed by atoms with Gasteiger partial charge in [0, 0.05) is 25.9 Å².